The average molecular weight is 422 g/mol. The van der Waals surface area contributed by atoms with Gasteiger partial charge in [0.15, 0.2) is 5.65 Å². The normalized spacial score (nSPS) is 11.1. The number of hydrogen-bond acceptors (Lipinski definition) is 6. The van der Waals surface area contributed by atoms with E-state index in [4.69, 9.17) is 16.3 Å². The summed E-state index contributed by atoms with van der Waals surface area (Å²) in [6.45, 7) is 0.136. The first-order valence-corrected chi connectivity index (χ1v) is 9.30. The molecule has 0 fully saturated rings. The predicted molar refractivity (Wildman–Crippen MR) is 107 cm³/mol. The van der Waals surface area contributed by atoms with Crippen LogP contribution < -0.4 is 4.74 Å². The Bertz CT molecular complexity index is 1340. The van der Waals surface area contributed by atoms with E-state index in [0.717, 1.165) is 5.69 Å². The fourth-order valence-corrected chi connectivity index (χ4v) is 3.13. The lowest BCUT2D eigenvalue weighted by Gasteiger charge is -2.05. The van der Waals surface area contributed by atoms with Gasteiger partial charge in [0, 0.05) is 0 Å². The summed E-state index contributed by atoms with van der Waals surface area (Å²) in [5, 5.41) is 13.2. The number of fused-ring (bicyclic) bond motifs is 1. The Kier molecular flexibility index (Phi) is 4.56. The molecule has 0 N–H and O–H groups in total. The molecule has 0 spiro atoms. The van der Waals surface area contributed by atoms with Gasteiger partial charge in [-0.15, -0.1) is 5.10 Å². The van der Waals surface area contributed by atoms with Gasteiger partial charge in [0.25, 0.3) is 0 Å². The highest BCUT2D eigenvalue weighted by Gasteiger charge is 2.13. The lowest BCUT2D eigenvalue weighted by molar-refractivity contribution is 0.293. The maximum atomic E-state index is 13.3. The van der Waals surface area contributed by atoms with Crippen LogP contribution in [0.5, 0.6) is 5.88 Å². The van der Waals surface area contributed by atoms with Crippen LogP contribution in [0.4, 0.5) is 4.39 Å². The van der Waals surface area contributed by atoms with Crippen molar-refractivity contribution in [3.05, 3.63) is 83.8 Å². The summed E-state index contributed by atoms with van der Waals surface area (Å²) >= 11 is 5.83. The minimum Gasteiger partial charge on any atom is -0.470 e. The molecule has 0 aliphatic rings. The summed E-state index contributed by atoms with van der Waals surface area (Å²) < 4.78 is 22.4. The first kappa shape index (κ1) is 18.2. The zero-order chi connectivity index (χ0) is 20.5. The third-order valence-electron chi connectivity index (χ3n) is 4.40. The van der Waals surface area contributed by atoms with Crippen molar-refractivity contribution in [2.75, 3.05) is 0 Å². The summed E-state index contributed by atoms with van der Waals surface area (Å²) in [7, 11) is 0. The molecule has 0 aliphatic carbocycles. The Morgan fingerprint density at radius 3 is 2.73 bits per heavy atom. The van der Waals surface area contributed by atoms with Crippen LogP contribution in [0.15, 0.2) is 67.3 Å². The van der Waals surface area contributed by atoms with E-state index in [1.807, 2.05) is 30.3 Å². The molecular formula is C20H13ClFN7O. The van der Waals surface area contributed by atoms with Crippen LogP contribution in [0, 0.1) is 5.82 Å². The standard InChI is InChI=1S/C20H13ClFN7O/c21-17-8-15(6-7-18(17)22)28-10-13(26-27-28)11-30-20-16-9-25-29(19(16)23-12-24-20)14-4-2-1-3-5-14/h1-10,12H,11H2. The fourth-order valence-electron chi connectivity index (χ4n) is 2.96. The van der Waals surface area contributed by atoms with Crippen molar-refractivity contribution >= 4 is 22.6 Å². The molecule has 0 aliphatic heterocycles. The fraction of sp³-hybridized carbons (Fsp3) is 0.0500. The summed E-state index contributed by atoms with van der Waals surface area (Å²) in [5.74, 6) is -0.102. The molecule has 5 rings (SSSR count). The summed E-state index contributed by atoms with van der Waals surface area (Å²) in [6.07, 6.45) is 4.76. The SMILES string of the molecule is Fc1ccc(-n2cc(COc3ncnc4c3cnn4-c3ccccc3)nn2)cc1Cl. The van der Waals surface area contributed by atoms with Crippen LogP contribution in [0.25, 0.3) is 22.4 Å². The van der Waals surface area contributed by atoms with Gasteiger partial charge in [-0.3, -0.25) is 0 Å². The zero-order valence-corrected chi connectivity index (χ0v) is 16.1. The van der Waals surface area contributed by atoms with Crippen LogP contribution in [0.3, 0.4) is 0 Å². The van der Waals surface area contributed by atoms with Gasteiger partial charge in [0.1, 0.15) is 29.8 Å². The monoisotopic (exact) mass is 421 g/mol. The molecule has 8 nitrogen and oxygen atoms in total. The predicted octanol–water partition coefficient (Wildman–Crippen LogP) is 3.77. The smallest absolute Gasteiger partial charge is 0.228 e. The van der Waals surface area contributed by atoms with Gasteiger partial charge in [-0.2, -0.15) is 5.10 Å². The van der Waals surface area contributed by atoms with Gasteiger partial charge < -0.3 is 4.74 Å². The highest BCUT2D eigenvalue weighted by atomic mass is 35.5. The van der Waals surface area contributed by atoms with E-state index in [1.54, 1.807) is 23.1 Å². The molecular weight excluding hydrogens is 409 g/mol. The highest BCUT2D eigenvalue weighted by molar-refractivity contribution is 6.30. The molecule has 0 atom stereocenters. The largest absolute Gasteiger partial charge is 0.470 e. The van der Waals surface area contributed by atoms with E-state index in [0.29, 0.717) is 28.3 Å². The molecule has 0 radical (unpaired) electrons. The van der Waals surface area contributed by atoms with E-state index >= 15 is 0 Å². The lowest BCUT2D eigenvalue weighted by Crippen LogP contribution is -2.00. The van der Waals surface area contributed by atoms with Crippen molar-refractivity contribution in [3.8, 4) is 17.3 Å². The van der Waals surface area contributed by atoms with E-state index in [-0.39, 0.29) is 11.6 Å². The van der Waals surface area contributed by atoms with Crippen molar-refractivity contribution in [1.82, 2.24) is 34.7 Å². The molecule has 0 saturated heterocycles. The molecule has 0 amide bonds. The van der Waals surface area contributed by atoms with Crippen LogP contribution in [0.1, 0.15) is 5.69 Å². The number of benzene rings is 2. The van der Waals surface area contributed by atoms with Crippen LogP contribution >= 0.6 is 11.6 Å². The first-order chi connectivity index (χ1) is 14.7. The van der Waals surface area contributed by atoms with E-state index < -0.39 is 5.82 Å². The second-order valence-electron chi connectivity index (χ2n) is 6.35. The van der Waals surface area contributed by atoms with Crippen molar-refractivity contribution < 1.29 is 9.13 Å². The molecule has 5 aromatic rings. The van der Waals surface area contributed by atoms with Gasteiger partial charge in [-0.25, -0.2) is 23.7 Å². The number of aromatic nitrogens is 7. The topological polar surface area (TPSA) is 83.5 Å². The van der Waals surface area contributed by atoms with E-state index in [9.17, 15) is 4.39 Å². The minimum atomic E-state index is -0.493. The van der Waals surface area contributed by atoms with Crippen molar-refractivity contribution in [3.63, 3.8) is 0 Å². The Labute approximate surface area is 174 Å². The number of halogens is 2. The number of hydrogen-bond donors (Lipinski definition) is 0. The van der Waals surface area contributed by atoms with Crippen molar-refractivity contribution in [2.24, 2.45) is 0 Å². The Balaban J connectivity index is 1.38. The van der Waals surface area contributed by atoms with Crippen LogP contribution in [-0.2, 0) is 6.61 Å². The van der Waals surface area contributed by atoms with E-state index in [1.165, 1.54) is 23.1 Å². The molecule has 3 heterocycles. The highest BCUT2D eigenvalue weighted by Crippen LogP contribution is 2.24. The summed E-state index contributed by atoms with van der Waals surface area (Å²) in [6, 6.07) is 14.0. The van der Waals surface area contributed by atoms with Gasteiger partial charge in [-0.1, -0.05) is 35.0 Å². The van der Waals surface area contributed by atoms with Gasteiger partial charge in [0.2, 0.25) is 5.88 Å². The Morgan fingerprint density at radius 2 is 1.90 bits per heavy atom. The van der Waals surface area contributed by atoms with Crippen LogP contribution in [-0.4, -0.2) is 34.7 Å². The zero-order valence-electron chi connectivity index (χ0n) is 15.4. The number of ether oxygens (including phenoxy) is 1. The maximum Gasteiger partial charge on any atom is 0.228 e. The number of nitrogens with zero attached hydrogens (tertiary/aromatic N) is 7. The number of rotatable bonds is 5. The van der Waals surface area contributed by atoms with E-state index in [2.05, 4.69) is 25.4 Å². The van der Waals surface area contributed by atoms with Gasteiger partial charge in [0.05, 0.1) is 28.8 Å². The molecule has 0 saturated carbocycles. The van der Waals surface area contributed by atoms with Crippen molar-refractivity contribution in [2.45, 2.75) is 6.61 Å². The maximum absolute atomic E-state index is 13.3. The molecule has 2 aromatic carbocycles. The third kappa shape index (κ3) is 3.35. The Hall–Kier alpha value is -3.85. The summed E-state index contributed by atoms with van der Waals surface area (Å²) in [5.41, 5.74) is 2.68. The van der Waals surface area contributed by atoms with Gasteiger partial charge in [-0.05, 0) is 30.3 Å². The molecule has 0 unspecified atom stereocenters. The molecule has 0 bridgehead atoms. The minimum absolute atomic E-state index is 0.0135. The van der Waals surface area contributed by atoms with Crippen LogP contribution in [0.2, 0.25) is 5.02 Å². The molecule has 3 aromatic heterocycles. The van der Waals surface area contributed by atoms with Crippen molar-refractivity contribution in [1.29, 1.82) is 0 Å². The Morgan fingerprint density at radius 1 is 1.03 bits per heavy atom. The average Bonchev–Trinajstić information content (AvgIpc) is 3.42. The molecule has 148 valence electrons. The second-order valence-corrected chi connectivity index (χ2v) is 6.76. The number of para-hydroxylation sites is 1. The second kappa shape index (κ2) is 7.53. The first-order valence-electron chi connectivity index (χ1n) is 8.92. The summed E-state index contributed by atoms with van der Waals surface area (Å²) in [4.78, 5) is 8.54. The third-order valence-corrected chi connectivity index (χ3v) is 4.68. The quantitative estimate of drug-likeness (QED) is 0.429. The molecule has 30 heavy (non-hydrogen) atoms. The van der Waals surface area contributed by atoms with Gasteiger partial charge >= 0.3 is 0 Å². The lowest BCUT2D eigenvalue weighted by atomic mass is 10.3. The molecule has 10 heteroatoms.